The highest BCUT2D eigenvalue weighted by Crippen LogP contribution is 2.22. The summed E-state index contributed by atoms with van der Waals surface area (Å²) in [4.78, 5) is 5.54. The Morgan fingerprint density at radius 1 is 1.40 bits per heavy atom. The summed E-state index contributed by atoms with van der Waals surface area (Å²) < 4.78 is 1.16. The van der Waals surface area contributed by atoms with Gasteiger partial charge in [-0.25, -0.2) is 4.98 Å². The zero-order valence-corrected chi connectivity index (χ0v) is 10.7. The maximum Gasteiger partial charge on any atom is 0.126 e. The Bertz CT molecular complexity index is 453. The lowest BCUT2D eigenvalue weighted by Gasteiger charge is -2.03. The zero-order valence-electron chi connectivity index (χ0n) is 8.33. The molecule has 0 atom stereocenters. The zero-order chi connectivity index (χ0) is 10.7. The van der Waals surface area contributed by atoms with Crippen molar-refractivity contribution < 1.29 is 0 Å². The smallest absolute Gasteiger partial charge is 0.126 e. The Labute approximate surface area is 101 Å². The van der Waals surface area contributed by atoms with Crippen molar-refractivity contribution in [1.82, 2.24) is 4.98 Å². The van der Waals surface area contributed by atoms with Crippen LogP contribution >= 0.6 is 27.3 Å². The minimum absolute atomic E-state index is 0.826. The second-order valence-electron chi connectivity index (χ2n) is 3.28. The summed E-state index contributed by atoms with van der Waals surface area (Å²) >= 11 is 5.18. The van der Waals surface area contributed by atoms with Crippen molar-refractivity contribution in [1.29, 1.82) is 0 Å². The Morgan fingerprint density at radius 2 is 2.27 bits per heavy atom. The molecule has 0 amide bonds. The van der Waals surface area contributed by atoms with Crippen LogP contribution in [0.2, 0.25) is 0 Å². The van der Waals surface area contributed by atoms with Gasteiger partial charge in [0.25, 0.3) is 0 Å². The van der Waals surface area contributed by atoms with E-state index in [0.29, 0.717) is 0 Å². The molecule has 2 rings (SSSR count). The standard InChI is InChI=1S/C11H11BrN2S/c1-8-4-5-13-11(6-8)14-7-9-2-3-10(12)15-9/h2-6H,7H2,1H3,(H,13,14). The van der Waals surface area contributed by atoms with E-state index >= 15 is 0 Å². The van der Waals surface area contributed by atoms with Crippen LogP contribution in [-0.2, 0) is 6.54 Å². The molecule has 0 saturated carbocycles. The summed E-state index contributed by atoms with van der Waals surface area (Å²) in [6.07, 6.45) is 1.82. The molecule has 0 aliphatic heterocycles. The van der Waals surface area contributed by atoms with Crippen molar-refractivity contribution in [3.8, 4) is 0 Å². The van der Waals surface area contributed by atoms with E-state index in [9.17, 15) is 0 Å². The van der Waals surface area contributed by atoms with Crippen LogP contribution in [0, 0.1) is 6.92 Å². The molecule has 2 aromatic rings. The van der Waals surface area contributed by atoms with Gasteiger partial charge in [0, 0.05) is 11.1 Å². The van der Waals surface area contributed by atoms with Crippen LogP contribution in [0.15, 0.2) is 34.2 Å². The van der Waals surface area contributed by atoms with Crippen LogP contribution in [0.5, 0.6) is 0 Å². The van der Waals surface area contributed by atoms with E-state index in [1.54, 1.807) is 11.3 Å². The number of aromatic nitrogens is 1. The molecular formula is C11H11BrN2S. The lowest BCUT2D eigenvalue weighted by atomic mass is 10.3. The first-order chi connectivity index (χ1) is 7.24. The van der Waals surface area contributed by atoms with Gasteiger partial charge in [0.1, 0.15) is 5.82 Å². The quantitative estimate of drug-likeness (QED) is 0.926. The summed E-state index contributed by atoms with van der Waals surface area (Å²) in [5.41, 5.74) is 1.22. The highest BCUT2D eigenvalue weighted by Gasteiger charge is 1.98. The number of hydrogen-bond donors (Lipinski definition) is 1. The number of anilines is 1. The van der Waals surface area contributed by atoms with Gasteiger partial charge in [-0.15, -0.1) is 11.3 Å². The SMILES string of the molecule is Cc1ccnc(NCc2ccc(Br)s2)c1. The van der Waals surface area contributed by atoms with Crippen molar-refractivity contribution in [2.75, 3.05) is 5.32 Å². The van der Waals surface area contributed by atoms with Gasteiger partial charge in [-0.05, 0) is 52.7 Å². The summed E-state index contributed by atoms with van der Waals surface area (Å²) in [5.74, 6) is 0.930. The fourth-order valence-corrected chi connectivity index (χ4v) is 2.68. The highest BCUT2D eigenvalue weighted by atomic mass is 79.9. The largest absolute Gasteiger partial charge is 0.365 e. The summed E-state index contributed by atoms with van der Waals surface area (Å²) in [6.45, 7) is 2.89. The predicted molar refractivity (Wildman–Crippen MR) is 68.3 cm³/mol. The highest BCUT2D eigenvalue weighted by molar-refractivity contribution is 9.11. The first-order valence-electron chi connectivity index (χ1n) is 4.65. The molecule has 2 nitrogen and oxygen atoms in total. The minimum atomic E-state index is 0.826. The monoisotopic (exact) mass is 282 g/mol. The number of hydrogen-bond acceptors (Lipinski definition) is 3. The second-order valence-corrected chi connectivity index (χ2v) is 5.83. The van der Waals surface area contributed by atoms with Crippen molar-refractivity contribution in [3.63, 3.8) is 0 Å². The summed E-state index contributed by atoms with van der Waals surface area (Å²) in [6, 6.07) is 8.21. The van der Waals surface area contributed by atoms with Crippen LogP contribution in [0.25, 0.3) is 0 Å². The molecule has 15 heavy (non-hydrogen) atoms. The van der Waals surface area contributed by atoms with Gasteiger partial charge in [0.2, 0.25) is 0 Å². The normalized spacial score (nSPS) is 10.3. The van der Waals surface area contributed by atoms with E-state index in [2.05, 4.69) is 45.3 Å². The Hall–Kier alpha value is -0.870. The molecule has 0 fully saturated rings. The van der Waals surface area contributed by atoms with E-state index in [1.165, 1.54) is 10.4 Å². The maximum absolute atomic E-state index is 4.24. The molecule has 0 unspecified atom stereocenters. The molecule has 4 heteroatoms. The molecule has 0 aliphatic rings. The van der Waals surface area contributed by atoms with E-state index in [1.807, 2.05) is 18.3 Å². The minimum Gasteiger partial charge on any atom is -0.365 e. The predicted octanol–water partition coefficient (Wildman–Crippen LogP) is 3.83. The third-order valence-electron chi connectivity index (χ3n) is 1.99. The average Bonchev–Trinajstić information content (AvgIpc) is 2.62. The van der Waals surface area contributed by atoms with Gasteiger partial charge in [0.15, 0.2) is 0 Å². The number of rotatable bonds is 3. The Kier molecular flexibility index (Phi) is 3.38. The number of thiophene rings is 1. The molecule has 1 N–H and O–H groups in total. The van der Waals surface area contributed by atoms with Gasteiger partial charge in [-0.2, -0.15) is 0 Å². The molecular weight excluding hydrogens is 272 g/mol. The van der Waals surface area contributed by atoms with E-state index in [4.69, 9.17) is 0 Å². The number of aryl methyl sites for hydroxylation is 1. The van der Waals surface area contributed by atoms with Crippen molar-refractivity contribution in [2.45, 2.75) is 13.5 Å². The Balaban J connectivity index is 1.99. The van der Waals surface area contributed by atoms with Gasteiger partial charge >= 0.3 is 0 Å². The van der Waals surface area contributed by atoms with Gasteiger partial charge < -0.3 is 5.32 Å². The first kappa shape index (κ1) is 10.6. The Morgan fingerprint density at radius 3 is 2.93 bits per heavy atom. The number of halogens is 1. The van der Waals surface area contributed by atoms with Gasteiger partial charge in [-0.1, -0.05) is 0 Å². The summed E-state index contributed by atoms with van der Waals surface area (Å²) in [7, 11) is 0. The van der Waals surface area contributed by atoms with E-state index in [-0.39, 0.29) is 0 Å². The lowest BCUT2D eigenvalue weighted by molar-refractivity contribution is 1.13. The molecule has 0 aliphatic carbocycles. The van der Waals surface area contributed by atoms with Crippen LogP contribution in [0.4, 0.5) is 5.82 Å². The van der Waals surface area contributed by atoms with Crippen molar-refractivity contribution >= 4 is 33.1 Å². The van der Waals surface area contributed by atoms with Crippen molar-refractivity contribution in [3.05, 3.63) is 44.7 Å². The van der Waals surface area contributed by atoms with Crippen molar-refractivity contribution in [2.24, 2.45) is 0 Å². The molecule has 0 spiro atoms. The first-order valence-corrected chi connectivity index (χ1v) is 6.26. The van der Waals surface area contributed by atoms with Gasteiger partial charge in [0.05, 0.1) is 10.3 Å². The molecule has 0 bridgehead atoms. The van der Waals surface area contributed by atoms with E-state index in [0.717, 1.165) is 16.1 Å². The number of nitrogens with one attached hydrogen (secondary N) is 1. The number of pyridine rings is 1. The average molecular weight is 283 g/mol. The third kappa shape index (κ3) is 3.04. The molecule has 2 aromatic heterocycles. The van der Waals surface area contributed by atoms with Crippen LogP contribution in [0.1, 0.15) is 10.4 Å². The molecule has 0 saturated heterocycles. The molecule has 0 radical (unpaired) electrons. The van der Waals surface area contributed by atoms with Crippen LogP contribution in [0.3, 0.4) is 0 Å². The van der Waals surface area contributed by atoms with Crippen LogP contribution in [-0.4, -0.2) is 4.98 Å². The second kappa shape index (κ2) is 4.77. The fraction of sp³-hybridized carbons (Fsp3) is 0.182. The number of nitrogens with zero attached hydrogens (tertiary/aromatic N) is 1. The topological polar surface area (TPSA) is 24.9 Å². The fourth-order valence-electron chi connectivity index (χ4n) is 1.26. The maximum atomic E-state index is 4.24. The molecule has 2 heterocycles. The third-order valence-corrected chi connectivity index (χ3v) is 3.61. The van der Waals surface area contributed by atoms with Gasteiger partial charge in [-0.3, -0.25) is 0 Å². The molecule has 78 valence electrons. The van der Waals surface area contributed by atoms with Crippen LogP contribution < -0.4 is 5.32 Å². The lowest BCUT2D eigenvalue weighted by Crippen LogP contribution is -1.99. The summed E-state index contributed by atoms with van der Waals surface area (Å²) in [5, 5.41) is 3.29. The molecule has 0 aromatic carbocycles. The van der Waals surface area contributed by atoms with E-state index < -0.39 is 0 Å².